The molecule has 2 N–H and O–H groups in total. The molecule has 1 aromatic carbocycles. The zero-order valence-corrected chi connectivity index (χ0v) is 14.5. The summed E-state index contributed by atoms with van der Waals surface area (Å²) in [6.07, 6.45) is 11.5. The van der Waals surface area contributed by atoms with Crippen LogP contribution >= 0.6 is 0 Å². The minimum absolute atomic E-state index is 0.0953. The minimum atomic E-state index is -0.525. The summed E-state index contributed by atoms with van der Waals surface area (Å²) in [6.45, 7) is 1.73. The van der Waals surface area contributed by atoms with Gasteiger partial charge >= 0.3 is 0 Å². The van der Waals surface area contributed by atoms with Gasteiger partial charge in [-0.15, -0.1) is 0 Å². The van der Waals surface area contributed by atoms with Crippen LogP contribution in [0.15, 0.2) is 36.4 Å². The fourth-order valence-corrected chi connectivity index (χ4v) is 2.99. The number of carbonyl (C=O) groups is 2. The lowest BCUT2D eigenvalue weighted by Gasteiger charge is -2.23. The lowest BCUT2D eigenvalue weighted by atomic mass is 9.96. The van der Waals surface area contributed by atoms with Crippen LogP contribution in [0.4, 0.5) is 0 Å². The molecule has 1 aliphatic carbocycles. The normalized spacial score (nSPS) is 17.7. The van der Waals surface area contributed by atoms with Gasteiger partial charge in [0.25, 0.3) is 0 Å². The molecule has 1 saturated carbocycles. The van der Waals surface area contributed by atoms with Crippen molar-refractivity contribution >= 4 is 17.9 Å². The molecule has 1 atom stereocenters. The van der Waals surface area contributed by atoms with Crippen molar-refractivity contribution in [2.24, 2.45) is 0 Å². The Labute approximate surface area is 144 Å². The van der Waals surface area contributed by atoms with Crippen LogP contribution in [-0.2, 0) is 9.59 Å². The highest BCUT2D eigenvalue weighted by Gasteiger charge is 2.19. The zero-order valence-electron chi connectivity index (χ0n) is 14.5. The van der Waals surface area contributed by atoms with Crippen LogP contribution in [0.25, 0.3) is 6.08 Å². The standard InChI is InChI=1S/C20H28N2O2/c1-16(20(24)22-18-12-8-3-2-4-9-13-18)21-19(23)15-14-17-10-6-5-7-11-17/h5-7,10-11,14-16,18H,2-4,8-9,12-13H2,1H3,(H,21,23)(H,22,24)/b15-14+. The predicted octanol–water partition coefficient (Wildman–Crippen LogP) is 3.43. The Balaban J connectivity index is 1.77. The molecule has 2 amide bonds. The highest BCUT2D eigenvalue weighted by atomic mass is 16.2. The molecule has 130 valence electrons. The summed E-state index contributed by atoms with van der Waals surface area (Å²) < 4.78 is 0. The highest BCUT2D eigenvalue weighted by Crippen LogP contribution is 2.17. The van der Waals surface area contributed by atoms with Crippen molar-refractivity contribution in [2.45, 2.75) is 64.0 Å². The van der Waals surface area contributed by atoms with E-state index >= 15 is 0 Å². The highest BCUT2D eigenvalue weighted by molar-refractivity contribution is 5.95. The first kappa shape index (κ1) is 18.2. The van der Waals surface area contributed by atoms with Crippen molar-refractivity contribution in [3.8, 4) is 0 Å². The van der Waals surface area contributed by atoms with Gasteiger partial charge in [-0.1, -0.05) is 62.4 Å². The number of hydrogen-bond acceptors (Lipinski definition) is 2. The minimum Gasteiger partial charge on any atom is -0.352 e. The molecule has 2 rings (SSSR count). The maximum absolute atomic E-state index is 12.3. The first-order valence-electron chi connectivity index (χ1n) is 8.99. The molecule has 0 aliphatic heterocycles. The van der Waals surface area contributed by atoms with E-state index in [2.05, 4.69) is 10.6 Å². The molecule has 1 aliphatic rings. The maximum Gasteiger partial charge on any atom is 0.244 e. The largest absolute Gasteiger partial charge is 0.352 e. The molecule has 0 radical (unpaired) electrons. The molecule has 0 spiro atoms. The monoisotopic (exact) mass is 328 g/mol. The van der Waals surface area contributed by atoms with Gasteiger partial charge in [-0.05, 0) is 31.4 Å². The van der Waals surface area contributed by atoms with Crippen LogP contribution in [0, 0.1) is 0 Å². The number of rotatable bonds is 5. The molecule has 0 heterocycles. The fraction of sp³-hybridized carbons (Fsp3) is 0.500. The van der Waals surface area contributed by atoms with E-state index in [-0.39, 0.29) is 17.9 Å². The van der Waals surface area contributed by atoms with Gasteiger partial charge in [-0.2, -0.15) is 0 Å². The Morgan fingerprint density at radius 3 is 2.33 bits per heavy atom. The second-order valence-corrected chi connectivity index (χ2v) is 6.52. The van der Waals surface area contributed by atoms with Crippen LogP contribution < -0.4 is 10.6 Å². The van der Waals surface area contributed by atoms with Gasteiger partial charge in [0, 0.05) is 12.1 Å². The third-order valence-electron chi connectivity index (χ3n) is 4.43. The summed E-state index contributed by atoms with van der Waals surface area (Å²) in [5.41, 5.74) is 0.958. The van der Waals surface area contributed by atoms with Gasteiger partial charge in [0.05, 0.1) is 0 Å². The van der Waals surface area contributed by atoms with Crippen LogP contribution in [-0.4, -0.2) is 23.9 Å². The van der Waals surface area contributed by atoms with Gasteiger partial charge in [0.15, 0.2) is 0 Å². The molecule has 0 aromatic heterocycles. The lowest BCUT2D eigenvalue weighted by Crippen LogP contribution is -2.47. The van der Waals surface area contributed by atoms with E-state index in [0.717, 1.165) is 18.4 Å². The second kappa shape index (κ2) is 9.91. The second-order valence-electron chi connectivity index (χ2n) is 6.52. The van der Waals surface area contributed by atoms with Crippen molar-refractivity contribution in [3.63, 3.8) is 0 Å². The summed E-state index contributed by atoms with van der Waals surface area (Å²) in [5, 5.41) is 5.82. The zero-order chi connectivity index (χ0) is 17.2. The summed E-state index contributed by atoms with van der Waals surface area (Å²) in [5.74, 6) is -0.346. The molecule has 1 aromatic rings. The summed E-state index contributed by atoms with van der Waals surface area (Å²) in [6, 6.07) is 9.34. The summed E-state index contributed by atoms with van der Waals surface area (Å²) in [7, 11) is 0. The van der Waals surface area contributed by atoms with E-state index in [9.17, 15) is 9.59 Å². The van der Waals surface area contributed by atoms with Crippen LogP contribution in [0.2, 0.25) is 0 Å². The van der Waals surface area contributed by atoms with E-state index < -0.39 is 6.04 Å². The quantitative estimate of drug-likeness (QED) is 0.814. The van der Waals surface area contributed by atoms with E-state index in [0.29, 0.717) is 0 Å². The van der Waals surface area contributed by atoms with Gasteiger partial charge in [0.1, 0.15) is 6.04 Å². The van der Waals surface area contributed by atoms with Crippen LogP contribution in [0.5, 0.6) is 0 Å². The first-order chi connectivity index (χ1) is 11.6. The molecule has 1 unspecified atom stereocenters. The number of hydrogen-bond donors (Lipinski definition) is 2. The van der Waals surface area contributed by atoms with Crippen molar-refractivity contribution in [2.75, 3.05) is 0 Å². The molecule has 4 nitrogen and oxygen atoms in total. The molecule has 0 saturated heterocycles. The third-order valence-corrected chi connectivity index (χ3v) is 4.43. The van der Waals surface area contributed by atoms with Crippen molar-refractivity contribution in [1.82, 2.24) is 10.6 Å². The average Bonchev–Trinajstić information content (AvgIpc) is 2.56. The summed E-state index contributed by atoms with van der Waals surface area (Å²) >= 11 is 0. The SMILES string of the molecule is CC(NC(=O)/C=C/c1ccccc1)C(=O)NC1CCCCCCC1. The lowest BCUT2D eigenvalue weighted by molar-refractivity contribution is -0.127. The maximum atomic E-state index is 12.3. The van der Waals surface area contributed by atoms with E-state index in [1.807, 2.05) is 30.3 Å². The van der Waals surface area contributed by atoms with Gasteiger partial charge in [-0.3, -0.25) is 9.59 Å². The Morgan fingerprint density at radius 2 is 1.67 bits per heavy atom. The summed E-state index contributed by atoms with van der Waals surface area (Å²) in [4.78, 5) is 24.2. The van der Waals surface area contributed by atoms with Gasteiger partial charge in [-0.25, -0.2) is 0 Å². The number of benzene rings is 1. The fourth-order valence-electron chi connectivity index (χ4n) is 2.99. The van der Waals surface area contributed by atoms with Gasteiger partial charge < -0.3 is 10.6 Å². The molecular formula is C20H28N2O2. The van der Waals surface area contributed by atoms with Crippen molar-refractivity contribution in [3.05, 3.63) is 42.0 Å². The van der Waals surface area contributed by atoms with Crippen molar-refractivity contribution in [1.29, 1.82) is 0 Å². The average molecular weight is 328 g/mol. The molecule has 24 heavy (non-hydrogen) atoms. The van der Waals surface area contributed by atoms with Gasteiger partial charge in [0.2, 0.25) is 11.8 Å². The Hall–Kier alpha value is -2.10. The Kier molecular flexibility index (Phi) is 7.53. The molecular weight excluding hydrogens is 300 g/mol. The number of amides is 2. The number of carbonyl (C=O) groups excluding carboxylic acids is 2. The predicted molar refractivity (Wildman–Crippen MR) is 97.3 cm³/mol. The van der Waals surface area contributed by atoms with E-state index in [1.54, 1.807) is 13.0 Å². The smallest absolute Gasteiger partial charge is 0.244 e. The van der Waals surface area contributed by atoms with Crippen molar-refractivity contribution < 1.29 is 9.59 Å². The first-order valence-corrected chi connectivity index (χ1v) is 8.99. The number of nitrogens with one attached hydrogen (secondary N) is 2. The van der Waals surface area contributed by atoms with E-state index in [4.69, 9.17) is 0 Å². The van der Waals surface area contributed by atoms with Crippen LogP contribution in [0.1, 0.15) is 57.4 Å². The topological polar surface area (TPSA) is 58.2 Å². The van der Waals surface area contributed by atoms with E-state index in [1.165, 1.54) is 38.2 Å². The Morgan fingerprint density at radius 1 is 1.04 bits per heavy atom. The molecule has 0 bridgehead atoms. The third kappa shape index (κ3) is 6.57. The Bertz CT molecular complexity index is 546. The molecule has 4 heteroatoms. The van der Waals surface area contributed by atoms with Crippen LogP contribution in [0.3, 0.4) is 0 Å². The molecule has 1 fully saturated rings.